The van der Waals surface area contributed by atoms with E-state index in [-0.39, 0.29) is 11.8 Å². The van der Waals surface area contributed by atoms with Gasteiger partial charge in [0.25, 0.3) is 0 Å². The Kier molecular flexibility index (Phi) is 2.83. The second-order valence-corrected chi connectivity index (χ2v) is 2.65. The van der Waals surface area contributed by atoms with Crippen molar-refractivity contribution in [1.82, 2.24) is 5.32 Å². The minimum atomic E-state index is 0.114. The Labute approximate surface area is 61.0 Å². The molecular weight excluding hydrogens is 128 g/mol. The number of hydrogen-bond donors (Lipinski definition) is 2. The summed E-state index contributed by atoms with van der Waals surface area (Å²) in [5.74, 6) is 0.278. The maximum Gasteiger partial charge on any atom is 0.151 e. The molecule has 0 aromatic rings. The summed E-state index contributed by atoms with van der Waals surface area (Å²) < 4.78 is 0. The van der Waals surface area contributed by atoms with Crippen molar-refractivity contribution >= 4 is 5.78 Å². The first-order valence-electron chi connectivity index (χ1n) is 3.81. The molecule has 1 fully saturated rings. The third-order valence-electron chi connectivity index (χ3n) is 1.84. The second-order valence-electron chi connectivity index (χ2n) is 2.65. The molecule has 0 saturated carbocycles. The van der Waals surface area contributed by atoms with Crippen LogP contribution in [-0.4, -0.2) is 24.9 Å². The third-order valence-corrected chi connectivity index (χ3v) is 1.84. The monoisotopic (exact) mass is 142 g/mol. The van der Waals surface area contributed by atoms with Crippen LogP contribution in [0.5, 0.6) is 0 Å². The zero-order valence-corrected chi connectivity index (χ0v) is 6.10. The van der Waals surface area contributed by atoms with Gasteiger partial charge >= 0.3 is 0 Å². The zero-order valence-electron chi connectivity index (χ0n) is 6.10. The van der Waals surface area contributed by atoms with Crippen molar-refractivity contribution in [3.8, 4) is 0 Å². The van der Waals surface area contributed by atoms with Gasteiger partial charge in [-0.15, -0.1) is 0 Å². The van der Waals surface area contributed by atoms with Crippen LogP contribution in [0.2, 0.25) is 0 Å². The van der Waals surface area contributed by atoms with Gasteiger partial charge in [0.15, 0.2) is 5.78 Å². The van der Waals surface area contributed by atoms with Crippen molar-refractivity contribution in [1.29, 1.82) is 0 Å². The fourth-order valence-electron chi connectivity index (χ4n) is 1.28. The number of carbonyl (C=O) groups is 1. The summed E-state index contributed by atoms with van der Waals surface area (Å²) in [7, 11) is 0. The summed E-state index contributed by atoms with van der Waals surface area (Å²) in [4.78, 5) is 11.1. The number of hydrogen-bond acceptors (Lipinski definition) is 3. The number of nitrogens with two attached hydrogens (primary N) is 1. The topological polar surface area (TPSA) is 55.1 Å². The molecule has 10 heavy (non-hydrogen) atoms. The fraction of sp³-hybridized carbons (Fsp3) is 0.857. The molecule has 1 atom stereocenters. The summed E-state index contributed by atoms with van der Waals surface area (Å²) in [6.07, 6.45) is 2.65. The Hall–Kier alpha value is -0.410. The van der Waals surface area contributed by atoms with Gasteiger partial charge in [-0.1, -0.05) is 0 Å². The number of ketones is 1. The van der Waals surface area contributed by atoms with Crippen LogP contribution in [0.4, 0.5) is 0 Å². The van der Waals surface area contributed by atoms with Crippen molar-refractivity contribution < 1.29 is 4.79 Å². The lowest BCUT2D eigenvalue weighted by Gasteiger charge is -2.06. The molecule has 58 valence electrons. The molecule has 0 unspecified atom stereocenters. The second kappa shape index (κ2) is 3.68. The maximum atomic E-state index is 11.1. The lowest BCUT2D eigenvalue weighted by molar-refractivity contribution is -0.120. The van der Waals surface area contributed by atoms with E-state index in [1.165, 1.54) is 0 Å². The third kappa shape index (κ3) is 1.78. The van der Waals surface area contributed by atoms with E-state index in [0.29, 0.717) is 13.0 Å². The molecule has 0 bridgehead atoms. The summed E-state index contributed by atoms with van der Waals surface area (Å²) in [5, 5.41) is 3.14. The van der Waals surface area contributed by atoms with E-state index in [9.17, 15) is 4.79 Å². The SMILES string of the molecule is NCCC(=O)[C@@H]1CCCN1. The maximum absolute atomic E-state index is 11.1. The van der Waals surface area contributed by atoms with Crippen molar-refractivity contribution in [2.75, 3.05) is 13.1 Å². The first-order chi connectivity index (χ1) is 4.84. The summed E-state index contributed by atoms with van der Waals surface area (Å²) in [6.45, 7) is 1.47. The predicted molar refractivity (Wildman–Crippen MR) is 39.7 cm³/mol. The van der Waals surface area contributed by atoms with Gasteiger partial charge in [-0.2, -0.15) is 0 Å². The average molecular weight is 142 g/mol. The van der Waals surface area contributed by atoms with Gasteiger partial charge in [-0.25, -0.2) is 0 Å². The van der Waals surface area contributed by atoms with Crippen LogP contribution in [0.1, 0.15) is 19.3 Å². The van der Waals surface area contributed by atoms with E-state index in [4.69, 9.17) is 5.73 Å². The minimum absolute atomic E-state index is 0.114. The molecule has 3 nitrogen and oxygen atoms in total. The molecular formula is C7H14N2O. The number of Topliss-reactive ketones (excluding diaryl/α,β-unsaturated/α-hetero) is 1. The van der Waals surface area contributed by atoms with Crippen LogP contribution in [0.15, 0.2) is 0 Å². The summed E-state index contributed by atoms with van der Waals surface area (Å²) in [6, 6.07) is 0.114. The minimum Gasteiger partial charge on any atom is -0.330 e. The predicted octanol–water partition coefficient (Wildman–Crippen LogP) is -0.344. The van der Waals surface area contributed by atoms with Crippen LogP contribution in [-0.2, 0) is 4.79 Å². The highest BCUT2D eigenvalue weighted by Gasteiger charge is 2.20. The Morgan fingerprint density at radius 1 is 1.70 bits per heavy atom. The number of rotatable bonds is 3. The van der Waals surface area contributed by atoms with Crippen LogP contribution >= 0.6 is 0 Å². The standard InChI is InChI=1S/C7H14N2O/c8-4-3-7(10)6-2-1-5-9-6/h6,9H,1-5,8H2/t6-/m0/s1. The quantitative estimate of drug-likeness (QED) is 0.566. The normalized spacial score (nSPS) is 25.1. The lowest BCUT2D eigenvalue weighted by Crippen LogP contribution is -2.31. The largest absolute Gasteiger partial charge is 0.330 e. The van der Waals surface area contributed by atoms with Gasteiger partial charge in [-0.05, 0) is 25.9 Å². The Balaban J connectivity index is 2.25. The molecule has 0 aromatic carbocycles. The van der Waals surface area contributed by atoms with Crippen LogP contribution < -0.4 is 11.1 Å². The molecule has 1 saturated heterocycles. The highest BCUT2D eigenvalue weighted by Crippen LogP contribution is 2.06. The molecule has 1 heterocycles. The van der Waals surface area contributed by atoms with Crippen molar-refractivity contribution in [3.05, 3.63) is 0 Å². The van der Waals surface area contributed by atoms with Gasteiger partial charge in [0.05, 0.1) is 6.04 Å². The molecule has 1 rings (SSSR count). The Morgan fingerprint density at radius 2 is 2.50 bits per heavy atom. The van der Waals surface area contributed by atoms with E-state index in [2.05, 4.69) is 5.32 Å². The van der Waals surface area contributed by atoms with E-state index >= 15 is 0 Å². The van der Waals surface area contributed by atoms with Gasteiger partial charge in [-0.3, -0.25) is 4.79 Å². The van der Waals surface area contributed by atoms with Crippen molar-refractivity contribution in [2.45, 2.75) is 25.3 Å². The number of nitrogens with one attached hydrogen (secondary N) is 1. The van der Waals surface area contributed by atoms with Crippen molar-refractivity contribution in [3.63, 3.8) is 0 Å². The average Bonchev–Trinajstić information content (AvgIpc) is 2.38. The van der Waals surface area contributed by atoms with Crippen LogP contribution in [0, 0.1) is 0 Å². The highest BCUT2D eigenvalue weighted by molar-refractivity contribution is 5.84. The molecule has 0 amide bonds. The van der Waals surface area contributed by atoms with E-state index < -0.39 is 0 Å². The van der Waals surface area contributed by atoms with E-state index in [1.807, 2.05) is 0 Å². The molecule has 0 aliphatic carbocycles. The molecule has 3 heteroatoms. The Bertz CT molecular complexity index is 119. The van der Waals surface area contributed by atoms with Gasteiger partial charge in [0.1, 0.15) is 0 Å². The molecule has 0 aromatic heterocycles. The van der Waals surface area contributed by atoms with Crippen LogP contribution in [0.25, 0.3) is 0 Å². The molecule has 0 spiro atoms. The smallest absolute Gasteiger partial charge is 0.151 e. The molecule has 1 aliphatic heterocycles. The van der Waals surface area contributed by atoms with Gasteiger partial charge < -0.3 is 11.1 Å². The fourth-order valence-corrected chi connectivity index (χ4v) is 1.28. The summed E-state index contributed by atoms with van der Waals surface area (Å²) >= 11 is 0. The van der Waals surface area contributed by atoms with Gasteiger partial charge in [0, 0.05) is 6.42 Å². The Morgan fingerprint density at radius 3 is 3.00 bits per heavy atom. The van der Waals surface area contributed by atoms with E-state index in [1.54, 1.807) is 0 Å². The zero-order chi connectivity index (χ0) is 7.40. The molecule has 1 aliphatic rings. The molecule has 0 radical (unpaired) electrons. The first-order valence-corrected chi connectivity index (χ1v) is 3.81. The first kappa shape index (κ1) is 7.69. The summed E-state index contributed by atoms with van der Waals surface area (Å²) in [5.41, 5.74) is 5.25. The van der Waals surface area contributed by atoms with Crippen molar-refractivity contribution in [2.24, 2.45) is 5.73 Å². The number of carbonyl (C=O) groups excluding carboxylic acids is 1. The van der Waals surface area contributed by atoms with Gasteiger partial charge in [0.2, 0.25) is 0 Å². The molecule has 3 N–H and O–H groups in total. The lowest BCUT2D eigenvalue weighted by atomic mass is 10.1. The van der Waals surface area contributed by atoms with E-state index in [0.717, 1.165) is 19.4 Å². The van der Waals surface area contributed by atoms with Crippen LogP contribution in [0.3, 0.4) is 0 Å². The highest BCUT2D eigenvalue weighted by atomic mass is 16.1.